The number of hydrogen-bond donors (Lipinski definition) is 3. The van der Waals surface area contributed by atoms with E-state index in [9.17, 15) is 27.6 Å². The number of anilines is 2. The van der Waals surface area contributed by atoms with Crippen molar-refractivity contribution in [2.45, 2.75) is 18.7 Å². The van der Waals surface area contributed by atoms with Gasteiger partial charge in [-0.25, -0.2) is 14.6 Å². The van der Waals surface area contributed by atoms with Crippen LogP contribution < -0.4 is 20.7 Å². The molecule has 1 aromatic heterocycles. The van der Waals surface area contributed by atoms with E-state index in [4.69, 9.17) is 16.3 Å². The highest BCUT2D eigenvalue weighted by atomic mass is 35.5. The number of esters is 1. The quantitative estimate of drug-likeness (QED) is 0.451. The van der Waals surface area contributed by atoms with Crippen LogP contribution in [-0.2, 0) is 9.53 Å². The van der Waals surface area contributed by atoms with Gasteiger partial charge >= 0.3 is 18.2 Å². The summed E-state index contributed by atoms with van der Waals surface area (Å²) in [5.74, 6) is -3.97. The van der Waals surface area contributed by atoms with Crippen LogP contribution in [0.4, 0.5) is 29.5 Å². The number of carbonyl (C=O) groups is 3. The molecule has 0 bridgehead atoms. The minimum absolute atomic E-state index is 0.0858. The molecule has 1 aliphatic rings. The molecule has 2 amide bonds. The highest BCUT2D eigenvalue weighted by Gasteiger charge is 2.42. The van der Waals surface area contributed by atoms with Crippen molar-refractivity contribution in [2.24, 2.45) is 0 Å². The van der Waals surface area contributed by atoms with Crippen molar-refractivity contribution >= 4 is 41.1 Å². The molecule has 0 radical (unpaired) electrons. The summed E-state index contributed by atoms with van der Waals surface area (Å²) in [7, 11) is 0. The van der Waals surface area contributed by atoms with E-state index < -0.39 is 41.7 Å². The first-order valence-corrected chi connectivity index (χ1v) is 9.54. The van der Waals surface area contributed by atoms with Crippen LogP contribution in [-0.4, -0.2) is 48.3 Å². The molecule has 1 unspecified atom stereocenters. The Morgan fingerprint density at radius 1 is 1.16 bits per heavy atom. The van der Waals surface area contributed by atoms with Gasteiger partial charge in [0, 0.05) is 12.7 Å². The zero-order valence-corrected chi connectivity index (χ0v) is 16.9. The third kappa shape index (κ3) is 6.08. The molecular formula is C19H16ClF3N4O5. The fourth-order valence-corrected chi connectivity index (χ4v) is 2.85. The van der Waals surface area contributed by atoms with Crippen LogP contribution in [0, 0.1) is 0 Å². The maximum atomic E-state index is 12.7. The number of halogens is 4. The fourth-order valence-electron chi connectivity index (χ4n) is 2.74. The molecule has 0 aliphatic carbocycles. The molecule has 2 heterocycles. The molecule has 3 N–H and O–H groups in total. The minimum Gasteiger partial charge on any atom is -0.445 e. The molecule has 0 saturated carbocycles. The van der Waals surface area contributed by atoms with Gasteiger partial charge in [0.1, 0.15) is 11.9 Å². The van der Waals surface area contributed by atoms with Gasteiger partial charge in [-0.3, -0.25) is 10.1 Å². The van der Waals surface area contributed by atoms with Gasteiger partial charge in [-0.2, -0.15) is 13.2 Å². The Bertz CT molecular complexity index is 1010. The van der Waals surface area contributed by atoms with Gasteiger partial charge in [0.15, 0.2) is 5.75 Å². The third-order valence-electron chi connectivity index (χ3n) is 4.19. The molecule has 13 heteroatoms. The van der Waals surface area contributed by atoms with E-state index in [0.717, 1.165) is 6.07 Å². The number of alkyl halides is 3. The van der Waals surface area contributed by atoms with Gasteiger partial charge < -0.3 is 20.1 Å². The van der Waals surface area contributed by atoms with E-state index in [1.54, 1.807) is 0 Å². The second-order valence-electron chi connectivity index (χ2n) is 6.53. The molecule has 32 heavy (non-hydrogen) atoms. The van der Waals surface area contributed by atoms with E-state index in [1.165, 1.54) is 30.5 Å². The molecule has 1 aliphatic heterocycles. The number of hydrogen-bond acceptors (Lipinski definition) is 7. The summed E-state index contributed by atoms with van der Waals surface area (Å²) < 4.78 is 47.6. The summed E-state index contributed by atoms with van der Waals surface area (Å²) in [5.41, 5.74) is -0.775. The summed E-state index contributed by atoms with van der Waals surface area (Å²) in [6.45, 7) is 1.02. The number of rotatable bonds is 5. The molecule has 1 fully saturated rings. The zero-order chi connectivity index (χ0) is 23.3. The molecule has 1 atom stereocenters. The summed E-state index contributed by atoms with van der Waals surface area (Å²) in [6, 6.07) is 6.23. The van der Waals surface area contributed by atoms with Crippen molar-refractivity contribution < 1.29 is 37.0 Å². The lowest BCUT2D eigenvalue weighted by molar-refractivity contribution is -0.189. The number of ether oxygens (including phenoxy) is 2. The molecular weight excluding hydrogens is 457 g/mol. The van der Waals surface area contributed by atoms with Crippen molar-refractivity contribution in [1.82, 2.24) is 10.3 Å². The Balaban J connectivity index is 1.88. The highest BCUT2D eigenvalue weighted by molar-refractivity contribution is 6.30. The first-order valence-electron chi connectivity index (χ1n) is 9.17. The largest absolute Gasteiger partial charge is 0.491 e. The van der Waals surface area contributed by atoms with Crippen LogP contribution in [0.1, 0.15) is 16.8 Å². The van der Waals surface area contributed by atoms with Crippen molar-refractivity contribution in [2.75, 3.05) is 23.7 Å². The zero-order valence-electron chi connectivity index (χ0n) is 16.2. The van der Waals surface area contributed by atoms with E-state index in [2.05, 4.69) is 25.7 Å². The molecule has 2 aromatic rings. The number of amides is 2. The van der Waals surface area contributed by atoms with Crippen molar-refractivity contribution in [3.8, 4) is 5.75 Å². The van der Waals surface area contributed by atoms with Crippen molar-refractivity contribution in [1.29, 1.82) is 0 Å². The SMILES string of the molecule is O=C(Nc1c(OC(=O)C(F)(F)F)cccc1C(=O)Nc1ccc(Cl)cn1)OC1CCNC1. The fraction of sp³-hybridized carbons (Fsp3) is 0.263. The van der Waals surface area contributed by atoms with Crippen LogP contribution >= 0.6 is 11.6 Å². The summed E-state index contributed by atoms with van der Waals surface area (Å²) in [6.07, 6.45) is -4.99. The van der Waals surface area contributed by atoms with Gasteiger partial charge in [0.25, 0.3) is 5.91 Å². The average Bonchev–Trinajstić information content (AvgIpc) is 3.23. The lowest BCUT2D eigenvalue weighted by atomic mass is 10.1. The summed E-state index contributed by atoms with van der Waals surface area (Å²) in [5, 5.41) is 7.90. The minimum atomic E-state index is -5.29. The molecule has 170 valence electrons. The number of nitrogens with one attached hydrogen (secondary N) is 3. The number of aromatic nitrogens is 1. The Morgan fingerprint density at radius 3 is 2.56 bits per heavy atom. The molecule has 1 aromatic carbocycles. The van der Waals surface area contributed by atoms with E-state index in [-0.39, 0.29) is 11.4 Å². The van der Waals surface area contributed by atoms with Crippen LogP contribution in [0.25, 0.3) is 0 Å². The number of pyridine rings is 1. The van der Waals surface area contributed by atoms with E-state index in [1.807, 2.05) is 0 Å². The van der Waals surface area contributed by atoms with Crippen LogP contribution in [0.3, 0.4) is 0 Å². The number of para-hydroxylation sites is 1. The predicted octanol–water partition coefficient (Wildman–Crippen LogP) is 3.37. The maximum absolute atomic E-state index is 12.7. The van der Waals surface area contributed by atoms with Gasteiger partial charge in [-0.05, 0) is 37.2 Å². The molecule has 0 spiro atoms. The average molecular weight is 473 g/mol. The van der Waals surface area contributed by atoms with Crippen LogP contribution in [0.15, 0.2) is 36.5 Å². The summed E-state index contributed by atoms with van der Waals surface area (Å²) >= 11 is 5.74. The van der Waals surface area contributed by atoms with Crippen LogP contribution in [0.5, 0.6) is 5.75 Å². The van der Waals surface area contributed by atoms with E-state index in [0.29, 0.717) is 24.5 Å². The second kappa shape index (κ2) is 9.83. The number of nitrogens with zero attached hydrogens (tertiary/aromatic N) is 1. The topological polar surface area (TPSA) is 119 Å². The van der Waals surface area contributed by atoms with Gasteiger partial charge in [-0.15, -0.1) is 0 Å². The normalized spacial score (nSPS) is 15.7. The van der Waals surface area contributed by atoms with Crippen LogP contribution in [0.2, 0.25) is 5.02 Å². The van der Waals surface area contributed by atoms with Gasteiger partial charge in [-0.1, -0.05) is 17.7 Å². The van der Waals surface area contributed by atoms with Gasteiger partial charge in [0.2, 0.25) is 0 Å². The second-order valence-corrected chi connectivity index (χ2v) is 6.96. The van der Waals surface area contributed by atoms with Crippen molar-refractivity contribution in [3.63, 3.8) is 0 Å². The molecule has 9 nitrogen and oxygen atoms in total. The lowest BCUT2D eigenvalue weighted by Crippen LogP contribution is -2.29. The summed E-state index contributed by atoms with van der Waals surface area (Å²) in [4.78, 5) is 40.2. The number of benzene rings is 1. The standard InChI is InChI=1S/C19H16ClF3N4O5/c20-10-4-5-14(25-8-10)26-16(28)12-2-1-3-13(32-17(29)19(21,22)23)15(12)27-18(30)31-11-6-7-24-9-11/h1-5,8,11,24H,6-7,9H2,(H,27,30)(H,25,26,28). The maximum Gasteiger partial charge on any atom is 0.491 e. The first kappa shape index (κ1) is 23.3. The molecule has 3 rings (SSSR count). The Hall–Kier alpha value is -3.38. The monoisotopic (exact) mass is 472 g/mol. The first-order chi connectivity index (χ1) is 15.1. The third-order valence-corrected chi connectivity index (χ3v) is 4.41. The lowest BCUT2D eigenvalue weighted by Gasteiger charge is -2.17. The van der Waals surface area contributed by atoms with Gasteiger partial charge in [0.05, 0.1) is 16.3 Å². The Kier molecular flexibility index (Phi) is 7.15. The molecule has 1 saturated heterocycles. The predicted molar refractivity (Wildman–Crippen MR) is 107 cm³/mol. The smallest absolute Gasteiger partial charge is 0.445 e. The van der Waals surface area contributed by atoms with E-state index >= 15 is 0 Å². The highest BCUT2D eigenvalue weighted by Crippen LogP contribution is 2.32. The Labute approximate surface area is 184 Å². The van der Waals surface area contributed by atoms with Crippen molar-refractivity contribution in [3.05, 3.63) is 47.1 Å². The number of carbonyl (C=O) groups excluding carboxylic acids is 3. The Morgan fingerprint density at radius 2 is 1.94 bits per heavy atom.